The fourth-order valence-electron chi connectivity index (χ4n) is 3.96. The number of nitrogens with two attached hydrogens (primary N) is 1. The molecule has 2 atom stereocenters. The molecule has 8 heteroatoms. The number of hydrogen-bond acceptors (Lipinski definition) is 4. The molecule has 0 aliphatic carbocycles. The van der Waals surface area contributed by atoms with E-state index in [2.05, 4.69) is 5.32 Å². The minimum atomic E-state index is -1.10. The van der Waals surface area contributed by atoms with Crippen LogP contribution in [0.15, 0.2) is 24.3 Å². The van der Waals surface area contributed by atoms with Crippen LogP contribution in [0, 0.1) is 11.3 Å². The summed E-state index contributed by atoms with van der Waals surface area (Å²) in [4.78, 5) is 38.0. The van der Waals surface area contributed by atoms with Crippen LogP contribution < -0.4 is 11.1 Å². The molecule has 30 heavy (non-hydrogen) atoms. The van der Waals surface area contributed by atoms with Crippen LogP contribution in [0.4, 0.5) is 0 Å². The van der Waals surface area contributed by atoms with Gasteiger partial charge in [0.2, 0.25) is 17.7 Å². The van der Waals surface area contributed by atoms with E-state index in [0.717, 1.165) is 5.56 Å². The highest BCUT2D eigenvalue weighted by molar-refractivity contribution is 6.30. The van der Waals surface area contributed by atoms with Crippen molar-refractivity contribution in [3.63, 3.8) is 0 Å². The van der Waals surface area contributed by atoms with Gasteiger partial charge in [-0.05, 0) is 30.0 Å². The van der Waals surface area contributed by atoms with Crippen LogP contribution in [0.5, 0.6) is 0 Å². The molecule has 0 aromatic heterocycles. The maximum absolute atomic E-state index is 13.2. The lowest BCUT2D eigenvalue weighted by molar-refractivity contribution is -0.156. The van der Waals surface area contributed by atoms with Crippen LogP contribution in [-0.4, -0.2) is 46.9 Å². The van der Waals surface area contributed by atoms with Crippen molar-refractivity contribution in [1.82, 2.24) is 10.2 Å². The predicted molar refractivity (Wildman–Crippen MR) is 116 cm³/mol. The summed E-state index contributed by atoms with van der Waals surface area (Å²) in [6, 6.07) is 6.43. The maximum Gasteiger partial charge on any atom is 0.245 e. The Labute approximate surface area is 182 Å². The molecule has 1 fully saturated rings. The highest BCUT2D eigenvalue weighted by Crippen LogP contribution is 2.46. The lowest BCUT2D eigenvalue weighted by atomic mass is 9.66. The van der Waals surface area contributed by atoms with E-state index < -0.39 is 23.0 Å². The van der Waals surface area contributed by atoms with Gasteiger partial charge in [-0.25, -0.2) is 0 Å². The molecule has 0 spiro atoms. The van der Waals surface area contributed by atoms with E-state index in [0.29, 0.717) is 24.5 Å². The second kappa shape index (κ2) is 9.35. The third-order valence-corrected chi connectivity index (χ3v) is 6.18. The molecule has 1 saturated heterocycles. The number of primary amides is 1. The number of aliphatic hydroxyl groups is 1. The van der Waals surface area contributed by atoms with E-state index in [9.17, 15) is 19.5 Å². The minimum absolute atomic E-state index is 0.0480. The topological polar surface area (TPSA) is 113 Å². The Kier molecular flexibility index (Phi) is 7.53. The summed E-state index contributed by atoms with van der Waals surface area (Å²) in [5, 5.41) is 14.8. The van der Waals surface area contributed by atoms with Crippen LogP contribution in [0.1, 0.15) is 52.5 Å². The maximum atomic E-state index is 13.2. The molecule has 0 saturated carbocycles. The SMILES string of the molecule is CC(C)[C@@H](NC(=O)CCC(N)=O)C(=O)N1CC[C@](O)(c2ccc(Cl)cc2)C(C)(C)C1. The third-order valence-electron chi connectivity index (χ3n) is 5.93. The fraction of sp³-hybridized carbons (Fsp3) is 0.591. The number of nitrogens with zero attached hydrogens (tertiary/aromatic N) is 1. The van der Waals surface area contributed by atoms with Crippen molar-refractivity contribution in [3.05, 3.63) is 34.9 Å². The Morgan fingerprint density at radius 3 is 2.30 bits per heavy atom. The van der Waals surface area contributed by atoms with E-state index in [1.54, 1.807) is 17.0 Å². The molecule has 1 aliphatic rings. The number of halogens is 1. The summed E-state index contributed by atoms with van der Waals surface area (Å²) in [5.74, 6) is -1.26. The van der Waals surface area contributed by atoms with Gasteiger partial charge < -0.3 is 21.1 Å². The first-order valence-corrected chi connectivity index (χ1v) is 10.6. The number of nitrogens with one attached hydrogen (secondary N) is 1. The molecule has 2 rings (SSSR count). The van der Waals surface area contributed by atoms with Gasteiger partial charge in [0.25, 0.3) is 0 Å². The zero-order chi connectivity index (χ0) is 22.7. The Bertz CT molecular complexity index is 794. The quantitative estimate of drug-likeness (QED) is 0.606. The zero-order valence-electron chi connectivity index (χ0n) is 18.1. The number of piperidine rings is 1. The van der Waals surface area contributed by atoms with E-state index >= 15 is 0 Å². The number of amides is 3. The van der Waals surface area contributed by atoms with Crippen LogP contribution in [-0.2, 0) is 20.0 Å². The normalized spacial score (nSPS) is 21.9. The summed E-state index contributed by atoms with van der Waals surface area (Å²) in [7, 11) is 0. The second-order valence-corrected chi connectivity index (χ2v) is 9.45. The van der Waals surface area contributed by atoms with Crippen molar-refractivity contribution in [2.75, 3.05) is 13.1 Å². The van der Waals surface area contributed by atoms with Gasteiger partial charge in [0.1, 0.15) is 6.04 Å². The number of rotatable bonds is 7. The van der Waals surface area contributed by atoms with E-state index in [-0.39, 0.29) is 30.6 Å². The molecule has 0 unspecified atom stereocenters. The molecule has 0 radical (unpaired) electrons. The highest BCUT2D eigenvalue weighted by atomic mass is 35.5. The molecule has 1 aliphatic heterocycles. The van der Waals surface area contributed by atoms with Crippen molar-refractivity contribution < 1.29 is 19.5 Å². The molecular weight excluding hydrogens is 406 g/mol. The van der Waals surface area contributed by atoms with E-state index in [4.69, 9.17) is 17.3 Å². The molecule has 4 N–H and O–H groups in total. The number of likely N-dealkylation sites (tertiary alicyclic amines) is 1. The van der Waals surface area contributed by atoms with Gasteiger partial charge in [-0.1, -0.05) is 51.4 Å². The van der Waals surface area contributed by atoms with Gasteiger partial charge >= 0.3 is 0 Å². The van der Waals surface area contributed by atoms with Crippen molar-refractivity contribution in [3.8, 4) is 0 Å². The molecule has 0 bridgehead atoms. The second-order valence-electron chi connectivity index (χ2n) is 9.02. The summed E-state index contributed by atoms with van der Waals surface area (Å²) in [5.41, 5.74) is 4.14. The first-order chi connectivity index (χ1) is 13.9. The number of benzene rings is 1. The van der Waals surface area contributed by atoms with Gasteiger partial charge in [-0.2, -0.15) is 0 Å². The molecule has 166 valence electrons. The number of carbonyl (C=O) groups is 3. The van der Waals surface area contributed by atoms with Crippen molar-refractivity contribution in [1.29, 1.82) is 0 Å². The first-order valence-electron chi connectivity index (χ1n) is 10.2. The number of hydrogen-bond donors (Lipinski definition) is 3. The first kappa shape index (κ1) is 24.2. The monoisotopic (exact) mass is 437 g/mol. The highest BCUT2D eigenvalue weighted by Gasteiger charge is 2.50. The summed E-state index contributed by atoms with van der Waals surface area (Å²) in [6.45, 7) is 8.27. The third kappa shape index (κ3) is 5.32. The zero-order valence-corrected chi connectivity index (χ0v) is 18.8. The van der Waals surface area contributed by atoms with Gasteiger partial charge in [0, 0.05) is 36.4 Å². The smallest absolute Gasteiger partial charge is 0.245 e. The Morgan fingerprint density at radius 2 is 1.80 bits per heavy atom. The van der Waals surface area contributed by atoms with Crippen LogP contribution in [0.2, 0.25) is 5.02 Å². The summed E-state index contributed by atoms with van der Waals surface area (Å²) < 4.78 is 0. The fourth-order valence-corrected chi connectivity index (χ4v) is 4.09. The van der Waals surface area contributed by atoms with Crippen molar-refractivity contribution in [2.45, 2.75) is 58.6 Å². The van der Waals surface area contributed by atoms with Crippen LogP contribution in [0.3, 0.4) is 0 Å². The predicted octanol–water partition coefficient (Wildman–Crippen LogP) is 2.19. The van der Waals surface area contributed by atoms with E-state index in [1.807, 2.05) is 39.8 Å². The molecular formula is C22H32ClN3O4. The average molecular weight is 438 g/mol. The molecule has 1 aromatic carbocycles. The molecule has 1 aromatic rings. The largest absolute Gasteiger partial charge is 0.384 e. The average Bonchev–Trinajstić information content (AvgIpc) is 2.66. The van der Waals surface area contributed by atoms with Gasteiger partial charge in [-0.15, -0.1) is 0 Å². The Balaban J connectivity index is 2.14. The van der Waals surface area contributed by atoms with Crippen LogP contribution in [0.25, 0.3) is 0 Å². The lowest BCUT2D eigenvalue weighted by Gasteiger charge is -2.51. The Hall–Kier alpha value is -2.12. The number of carbonyl (C=O) groups excluding carboxylic acids is 3. The van der Waals surface area contributed by atoms with Gasteiger partial charge in [0.05, 0.1) is 5.60 Å². The van der Waals surface area contributed by atoms with Crippen LogP contribution >= 0.6 is 11.6 Å². The summed E-state index contributed by atoms with van der Waals surface area (Å²) >= 11 is 5.98. The van der Waals surface area contributed by atoms with Gasteiger partial charge in [-0.3, -0.25) is 14.4 Å². The molecule has 7 nitrogen and oxygen atoms in total. The van der Waals surface area contributed by atoms with E-state index in [1.165, 1.54) is 0 Å². The summed E-state index contributed by atoms with van der Waals surface area (Å²) in [6.07, 6.45) is 0.261. The molecule has 1 heterocycles. The van der Waals surface area contributed by atoms with Crippen molar-refractivity contribution in [2.24, 2.45) is 17.1 Å². The standard InChI is InChI=1S/C22H32ClN3O4/c1-14(2)19(25-18(28)10-9-17(24)27)20(29)26-12-11-22(30,21(3,4)13-26)15-5-7-16(23)8-6-15/h5-8,14,19,30H,9-13H2,1-4H3,(H2,24,27)(H,25,28)/t19-,22+/m1/s1. The van der Waals surface area contributed by atoms with Crippen molar-refractivity contribution >= 4 is 29.3 Å². The molecule has 3 amide bonds. The minimum Gasteiger partial charge on any atom is -0.384 e. The van der Waals surface area contributed by atoms with Gasteiger partial charge in [0.15, 0.2) is 0 Å². The Morgan fingerprint density at radius 1 is 1.20 bits per heavy atom. The lowest BCUT2D eigenvalue weighted by Crippen LogP contribution is -2.60.